The predicted octanol–water partition coefficient (Wildman–Crippen LogP) is 2.19. The van der Waals surface area contributed by atoms with Crippen LogP contribution in [0.2, 0.25) is 0 Å². The third kappa shape index (κ3) is 3.21. The van der Waals surface area contributed by atoms with Crippen molar-refractivity contribution in [2.24, 2.45) is 0 Å². The van der Waals surface area contributed by atoms with Gasteiger partial charge in [0.1, 0.15) is 0 Å². The Labute approximate surface area is 124 Å². The van der Waals surface area contributed by atoms with E-state index in [9.17, 15) is 0 Å². The average Bonchev–Trinajstić information content (AvgIpc) is 3.13. The van der Waals surface area contributed by atoms with E-state index in [1.54, 1.807) is 4.68 Å². The van der Waals surface area contributed by atoms with Crippen molar-refractivity contribution in [1.82, 2.24) is 20.2 Å². The number of hydrogen-bond acceptors (Lipinski definition) is 5. The van der Waals surface area contributed by atoms with E-state index in [0.29, 0.717) is 19.3 Å². The molecule has 0 amide bonds. The monoisotopic (exact) mass is 287 g/mol. The highest BCUT2D eigenvalue weighted by Gasteiger charge is 2.16. The molecule has 0 radical (unpaired) electrons. The fourth-order valence-electron chi connectivity index (χ4n) is 2.74. The second kappa shape index (κ2) is 6.22. The molecule has 0 bridgehead atoms. The van der Waals surface area contributed by atoms with Crippen LogP contribution in [0.3, 0.4) is 0 Å². The van der Waals surface area contributed by atoms with Crippen LogP contribution in [-0.4, -0.2) is 32.9 Å². The van der Waals surface area contributed by atoms with Crippen LogP contribution < -0.4 is 5.73 Å². The normalized spacial score (nSPS) is 15.7. The number of benzene rings is 1. The van der Waals surface area contributed by atoms with Gasteiger partial charge in [-0.1, -0.05) is 12.8 Å². The summed E-state index contributed by atoms with van der Waals surface area (Å²) >= 11 is 0. The molecule has 0 saturated heterocycles. The Kier molecular flexibility index (Phi) is 4.15. The maximum atomic E-state index is 5.87. The van der Waals surface area contributed by atoms with Crippen LogP contribution in [0.25, 0.3) is 11.4 Å². The first-order valence-corrected chi connectivity index (χ1v) is 7.48. The van der Waals surface area contributed by atoms with Crippen LogP contribution in [0.15, 0.2) is 18.2 Å². The predicted molar refractivity (Wildman–Crippen MR) is 80.6 cm³/mol. The molecule has 0 spiro atoms. The van der Waals surface area contributed by atoms with Gasteiger partial charge in [0.25, 0.3) is 0 Å². The van der Waals surface area contributed by atoms with E-state index in [1.807, 2.05) is 25.1 Å². The minimum atomic E-state index is 0.420. The Morgan fingerprint density at radius 2 is 2.14 bits per heavy atom. The fourth-order valence-corrected chi connectivity index (χ4v) is 2.74. The van der Waals surface area contributed by atoms with Crippen molar-refractivity contribution in [1.29, 1.82) is 0 Å². The third-order valence-electron chi connectivity index (χ3n) is 4.02. The van der Waals surface area contributed by atoms with Gasteiger partial charge in [-0.3, -0.25) is 0 Å². The molecule has 21 heavy (non-hydrogen) atoms. The number of aromatic nitrogens is 4. The molecule has 6 nitrogen and oxygen atoms in total. The number of aryl methyl sites for hydroxylation is 1. The molecule has 1 fully saturated rings. The van der Waals surface area contributed by atoms with Crippen LogP contribution in [0, 0.1) is 6.92 Å². The average molecular weight is 287 g/mol. The van der Waals surface area contributed by atoms with Crippen molar-refractivity contribution in [3.8, 4) is 11.4 Å². The van der Waals surface area contributed by atoms with E-state index in [2.05, 4.69) is 15.5 Å². The zero-order valence-electron chi connectivity index (χ0n) is 12.3. The maximum Gasteiger partial charge on any atom is 0.182 e. The summed E-state index contributed by atoms with van der Waals surface area (Å²) in [5.74, 6) is 0.758. The summed E-state index contributed by atoms with van der Waals surface area (Å²) in [6, 6.07) is 5.84. The molecule has 0 atom stereocenters. The number of rotatable bonds is 5. The van der Waals surface area contributed by atoms with Crippen molar-refractivity contribution in [3.63, 3.8) is 0 Å². The van der Waals surface area contributed by atoms with Gasteiger partial charge in [0.05, 0.1) is 19.3 Å². The summed E-state index contributed by atoms with van der Waals surface area (Å²) in [5, 5.41) is 11.9. The van der Waals surface area contributed by atoms with Crippen molar-refractivity contribution in [2.75, 3.05) is 12.3 Å². The molecule has 1 saturated carbocycles. The summed E-state index contributed by atoms with van der Waals surface area (Å²) in [4.78, 5) is 0. The number of nitrogen functional groups attached to an aromatic ring is 1. The first kappa shape index (κ1) is 14.0. The lowest BCUT2D eigenvalue weighted by molar-refractivity contribution is 0.0514. The maximum absolute atomic E-state index is 5.87. The topological polar surface area (TPSA) is 78.8 Å². The largest absolute Gasteiger partial charge is 0.399 e. The second-order valence-electron chi connectivity index (χ2n) is 5.57. The molecular formula is C15H21N5O. The van der Waals surface area contributed by atoms with Crippen LogP contribution in [0.1, 0.15) is 31.2 Å². The third-order valence-corrected chi connectivity index (χ3v) is 4.02. The minimum Gasteiger partial charge on any atom is -0.399 e. The lowest BCUT2D eigenvalue weighted by atomic mass is 10.1. The van der Waals surface area contributed by atoms with Gasteiger partial charge in [0.15, 0.2) is 5.82 Å². The van der Waals surface area contributed by atoms with Gasteiger partial charge < -0.3 is 10.5 Å². The molecule has 1 aromatic carbocycles. The fraction of sp³-hybridized carbons (Fsp3) is 0.533. The van der Waals surface area contributed by atoms with Crippen molar-refractivity contribution in [3.05, 3.63) is 23.8 Å². The molecule has 1 aliphatic rings. The highest BCUT2D eigenvalue weighted by atomic mass is 16.5. The molecule has 2 N–H and O–H groups in total. The van der Waals surface area contributed by atoms with Crippen LogP contribution >= 0.6 is 0 Å². The van der Waals surface area contributed by atoms with Crippen molar-refractivity contribution in [2.45, 2.75) is 45.3 Å². The molecule has 3 rings (SSSR count). The number of ether oxygens (including phenoxy) is 1. The Hall–Kier alpha value is -1.95. The molecule has 112 valence electrons. The van der Waals surface area contributed by atoms with Gasteiger partial charge in [-0.15, -0.1) is 5.10 Å². The van der Waals surface area contributed by atoms with E-state index in [0.717, 1.165) is 22.6 Å². The van der Waals surface area contributed by atoms with E-state index in [1.165, 1.54) is 25.7 Å². The first-order chi connectivity index (χ1) is 10.2. The number of hydrogen-bond donors (Lipinski definition) is 1. The van der Waals surface area contributed by atoms with Gasteiger partial charge in [-0.05, 0) is 54.0 Å². The van der Waals surface area contributed by atoms with Crippen LogP contribution in [0.4, 0.5) is 5.69 Å². The molecule has 2 aromatic rings. The van der Waals surface area contributed by atoms with Gasteiger partial charge in [0, 0.05) is 11.3 Å². The number of nitrogens with zero attached hydrogens (tertiary/aromatic N) is 4. The number of nitrogens with two attached hydrogens (primary N) is 1. The van der Waals surface area contributed by atoms with E-state index < -0.39 is 0 Å². The zero-order chi connectivity index (χ0) is 14.7. The smallest absolute Gasteiger partial charge is 0.182 e. The lowest BCUT2D eigenvalue weighted by Crippen LogP contribution is -2.14. The molecule has 1 aromatic heterocycles. The van der Waals surface area contributed by atoms with Crippen molar-refractivity contribution < 1.29 is 4.74 Å². The zero-order valence-corrected chi connectivity index (χ0v) is 12.3. The Balaban J connectivity index is 1.66. The summed E-state index contributed by atoms with van der Waals surface area (Å²) in [6.45, 7) is 3.30. The highest BCUT2D eigenvalue weighted by Crippen LogP contribution is 2.22. The molecule has 6 heteroatoms. The Morgan fingerprint density at radius 1 is 1.33 bits per heavy atom. The Morgan fingerprint density at radius 3 is 2.90 bits per heavy atom. The SMILES string of the molecule is Cc1cc(-c2nnnn2CCOC2CCCC2)ccc1N. The standard InChI is InChI=1S/C15H21N5O/c1-11-10-12(6-7-14(11)16)15-17-18-19-20(15)8-9-21-13-4-2-3-5-13/h6-7,10,13H,2-5,8-9,16H2,1H3. The number of anilines is 1. The summed E-state index contributed by atoms with van der Waals surface area (Å²) in [5.41, 5.74) is 8.64. The first-order valence-electron chi connectivity index (χ1n) is 7.48. The van der Waals surface area contributed by atoms with Gasteiger partial charge in [-0.2, -0.15) is 0 Å². The lowest BCUT2D eigenvalue weighted by Gasteiger charge is -2.11. The van der Waals surface area contributed by atoms with Gasteiger partial charge >= 0.3 is 0 Å². The molecule has 0 aliphatic heterocycles. The number of tetrazole rings is 1. The summed E-state index contributed by atoms with van der Waals surface area (Å²) in [7, 11) is 0. The van der Waals surface area contributed by atoms with E-state index in [-0.39, 0.29) is 0 Å². The molecular weight excluding hydrogens is 266 g/mol. The quantitative estimate of drug-likeness (QED) is 0.853. The molecule has 1 aliphatic carbocycles. The Bertz CT molecular complexity index is 604. The van der Waals surface area contributed by atoms with E-state index >= 15 is 0 Å². The summed E-state index contributed by atoms with van der Waals surface area (Å²) < 4.78 is 7.67. The second-order valence-corrected chi connectivity index (χ2v) is 5.57. The van der Waals surface area contributed by atoms with E-state index in [4.69, 9.17) is 10.5 Å². The van der Waals surface area contributed by atoms with Gasteiger partial charge in [0.2, 0.25) is 0 Å². The highest BCUT2D eigenvalue weighted by molar-refractivity contribution is 5.61. The van der Waals surface area contributed by atoms with Crippen LogP contribution in [-0.2, 0) is 11.3 Å². The molecule has 1 heterocycles. The van der Waals surface area contributed by atoms with Crippen molar-refractivity contribution >= 4 is 5.69 Å². The van der Waals surface area contributed by atoms with Gasteiger partial charge in [-0.25, -0.2) is 4.68 Å². The van der Waals surface area contributed by atoms with Crippen LogP contribution in [0.5, 0.6) is 0 Å². The molecule has 0 unspecified atom stereocenters. The minimum absolute atomic E-state index is 0.420. The summed E-state index contributed by atoms with van der Waals surface area (Å²) in [6.07, 6.45) is 5.35.